The largest absolute Gasteiger partial charge is 0.481 e. The molecule has 0 aromatic carbocycles. The van der Waals surface area contributed by atoms with Crippen molar-refractivity contribution >= 4 is 29.7 Å². The Kier molecular flexibility index (Phi) is 10.6. The van der Waals surface area contributed by atoms with Gasteiger partial charge in [-0.2, -0.15) is 11.8 Å². The number of rotatable bonds is 11. The molecule has 116 valence electrons. The monoisotopic (exact) mass is 306 g/mol. The van der Waals surface area contributed by atoms with Gasteiger partial charge in [-0.15, -0.1) is 0 Å². The number of carboxylic acids is 2. The predicted octanol–water partition coefficient (Wildman–Crippen LogP) is 1.14. The minimum atomic E-state index is -1.16. The van der Waals surface area contributed by atoms with Crippen LogP contribution in [0.15, 0.2) is 0 Å². The van der Waals surface area contributed by atoms with Crippen LogP contribution in [0.2, 0.25) is 0 Å². The van der Waals surface area contributed by atoms with Crippen molar-refractivity contribution < 1.29 is 24.6 Å². The van der Waals surface area contributed by atoms with Crippen LogP contribution in [0.3, 0.4) is 0 Å². The van der Waals surface area contributed by atoms with E-state index >= 15 is 0 Å². The minimum Gasteiger partial charge on any atom is -0.481 e. The molecule has 1 atom stereocenters. The summed E-state index contributed by atoms with van der Waals surface area (Å²) in [4.78, 5) is 32.8. The zero-order valence-corrected chi connectivity index (χ0v) is 12.4. The lowest BCUT2D eigenvalue weighted by atomic mass is 10.1. The molecule has 0 spiro atoms. The zero-order chi connectivity index (χ0) is 15.4. The Hall–Kier alpha value is -1.44. The van der Waals surface area contributed by atoms with E-state index in [1.165, 1.54) is 0 Å². The summed E-state index contributed by atoms with van der Waals surface area (Å²) < 4.78 is 0. The van der Waals surface area contributed by atoms with Crippen LogP contribution in [-0.2, 0) is 9.59 Å². The Balaban J connectivity index is 3.89. The third-order valence-corrected chi connectivity index (χ3v) is 3.24. The van der Waals surface area contributed by atoms with Gasteiger partial charge >= 0.3 is 18.0 Å². The molecule has 0 saturated carbocycles. The fraction of sp³-hybridized carbons (Fsp3) is 0.750. The standard InChI is InChI=1S/C12H22N2O5S/c1-20-8-3-2-7-13-12(19)14-9(11(17)18)5-4-6-10(15)16/h9H,2-8H2,1H3,(H,15,16)(H,17,18)(H2,13,14,19)/t9-/m1/s1. The fourth-order valence-electron chi connectivity index (χ4n) is 1.50. The predicted molar refractivity (Wildman–Crippen MR) is 77.1 cm³/mol. The van der Waals surface area contributed by atoms with Gasteiger partial charge in [-0.3, -0.25) is 4.79 Å². The molecule has 8 heteroatoms. The molecule has 4 N–H and O–H groups in total. The maximum absolute atomic E-state index is 11.5. The summed E-state index contributed by atoms with van der Waals surface area (Å²) in [6.45, 7) is 0.494. The average Bonchev–Trinajstić information content (AvgIpc) is 2.36. The Morgan fingerprint density at radius 1 is 1.15 bits per heavy atom. The van der Waals surface area contributed by atoms with Crippen molar-refractivity contribution in [3.63, 3.8) is 0 Å². The van der Waals surface area contributed by atoms with Gasteiger partial charge in [0.1, 0.15) is 6.04 Å². The minimum absolute atomic E-state index is 0.0987. The van der Waals surface area contributed by atoms with Crippen LogP contribution in [0.4, 0.5) is 4.79 Å². The van der Waals surface area contributed by atoms with E-state index in [0.29, 0.717) is 6.54 Å². The normalized spacial score (nSPS) is 11.7. The van der Waals surface area contributed by atoms with Gasteiger partial charge in [0.25, 0.3) is 0 Å². The van der Waals surface area contributed by atoms with E-state index in [1.54, 1.807) is 11.8 Å². The lowest BCUT2D eigenvalue weighted by Gasteiger charge is -2.14. The number of carboxylic acid groups (broad SMARTS) is 2. The molecule has 0 unspecified atom stereocenters. The highest BCUT2D eigenvalue weighted by Crippen LogP contribution is 2.02. The summed E-state index contributed by atoms with van der Waals surface area (Å²) in [5.74, 6) is -1.11. The fourth-order valence-corrected chi connectivity index (χ4v) is 1.99. The summed E-state index contributed by atoms with van der Waals surface area (Å²) >= 11 is 1.73. The summed E-state index contributed by atoms with van der Waals surface area (Å²) in [5.41, 5.74) is 0. The first-order chi connectivity index (χ1) is 9.47. The van der Waals surface area contributed by atoms with Gasteiger partial charge in [0.15, 0.2) is 0 Å². The first-order valence-corrected chi connectivity index (χ1v) is 7.84. The van der Waals surface area contributed by atoms with Gasteiger partial charge in [0.2, 0.25) is 0 Å². The summed E-state index contributed by atoms with van der Waals surface area (Å²) in [6.07, 6.45) is 4.03. The third kappa shape index (κ3) is 10.5. The molecular weight excluding hydrogens is 284 g/mol. The Morgan fingerprint density at radius 3 is 2.40 bits per heavy atom. The lowest BCUT2D eigenvalue weighted by Crippen LogP contribution is -2.46. The summed E-state index contributed by atoms with van der Waals surface area (Å²) in [7, 11) is 0. The van der Waals surface area contributed by atoms with Crippen molar-refractivity contribution in [1.29, 1.82) is 0 Å². The molecular formula is C12H22N2O5S. The number of amides is 2. The van der Waals surface area contributed by atoms with Crippen LogP contribution >= 0.6 is 11.8 Å². The Morgan fingerprint density at radius 2 is 1.85 bits per heavy atom. The number of urea groups is 1. The van der Waals surface area contributed by atoms with E-state index < -0.39 is 24.0 Å². The van der Waals surface area contributed by atoms with E-state index in [2.05, 4.69) is 10.6 Å². The van der Waals surface area contributed by atoms with E-state index in [9.17, 15) is 14.4 Å². The third-order valence-electron chi connectivity index (χ3n) is 2.55. The first-order valence-electron chi connectivity index (χ1n) is 6.45. The summed E-state index contributed by atoms with van der Waals surface area (Å²) in [5, 5.41) is 22.3. The maximum atomic E-state index is 11.5. The number of thioether (sulfide) groups is 1. The Labute approximate surface area is 122 Å². The van der Waals surface area contributed by atoms with Gasteiger partial charge in [0.05, 0.1) is 0 Å². The van der Waals surface area contributed by atoms with Crippen LogP contribution in [0.5, 0.6) is 0 Å². The lowest BCUT2D eigenvalue weighted by molar-refractivity contribution is -0.140. The molecule has 0 bridgehead atoms. The van der Waals surface area contributed by atoms with Crippen LogP contribution < -0.4 is 10.6 Å². The number of carbonyl (C=O) groups excluding carboxylic acids is 1. The topological polar surface area (TPSA) is 116 Å². The van der Waals surface area contributed by atoms with Gasteiger partial charge in [-0.1, -0.05) is 0 Å². The number of nitrogens with one attached hydrogen (secondary N) is 2. The van der Waals surface area contributed by atoms with Crippen LogP contribution in [0.1, 0.15) is 32.1 Å². The molecule has 0 aliphatic rings. The van der Waals surface area contributed by atoms with E-state index in [-0.39, 0.29) is 19.3 Å². The van der Waals surface area contributed by atoms with Crippen molar-refractivity contribution in [1.82, 2.24) is 10.6 Å². The van der Waals surface area contributed by atoms with Crippen LogP contribution in [0, 0.1) is 0 Å². The quantitative estimate of drug-likeness (QED) is 0.425. The molecule has 0 saturated heterocycles. The molecule has 0 aliphatic heterocycles. The Bertz CT molecular complexity index is 325. The maximum Gasteiger partial charge on any atom is 0.326 e. The second-order valence-electron chi connectivity index (χ2n) is 4.28. The van der Waals surface area contributed by atoms with Crippen molar-refractivity contribution in [2.75, 3.05) is 18.6 Å². The second-order valence-corrected chi connectivity index (χ2v) is 5.26. The van der Waals surface area contributed by atoms with Crippen molar-refractivity contribution in [2.24, 2.45) is 0 Å². The van der Waals surface area contributed by atoms with Gasteiger partial charge in [-0.25, -0.2) is 9.59 Å². The smallest absolute Gasteiger partial charge is 0.326 e. The highest BCUT2D eigenvalue weighted by Gasteiger charge is 2.19. The van der Waals surface area contributed by atoms with E-state index in [0.717, 1.165) is 18.6 Å². The summed E-state index contributed by atoms with van der Waals surface area (Å²) in [6, 6.07) is -1.59. The van der Waals surface area contributed by atoms with Crippen molar-refractivity contribution in [2.45, 2.75) is 38.1 Å². The molecule has 0 heterocycles. The first kappa shape index (κ1) is 18.6. The molecule has 0 aromatic rings. The van der Waals surface area contributed by atoms with E-state index in [1.807, 2.05) is 6.26 Å². The zero-order valence-electron chi connectivity index (χ0n) is 11.6. The number of carbonyl (C=O) groups is 3. The van der Waals surface area contributed by atoms with Crippen LogP contribution in [-0.4, -0.2) is 52.8 Å². The average molecular weight is 306 g/mol. The second kappa shape index (κ2) is 11.4. The van der Waals surface area contributed by atoms with Gasteiger partial charge < -0.3 is 20.8 Å². The SMILES string of the molecule is CSCCCCNC(=O)N[C@H](CCCC(=O)O)C(=O)O. The highest BCUT2D eigenvalue weighted by atomic mass is 32.2. The van der Waals surface area contributed by atoms with Gasteiger partial charge in [0, 0.05) is 13.0 Å². The molecule has 0 radical (unpaired) electrons. The molecule has 0 fully saturated rings. The number of hydrogen-bond donors (Lipinski definition) is 4. The molecule has 0 aliphatic carbocycles. The van der Waals surface area contributed by atoms with Gasteiger partial charge in [-0.05, 0) is 37.7 Å². The van der Waals surface area contributed by atoms with Crippen LogP contribution in [0.25, 0.3) is 0 Å². The molecule has 7 nitrogen and oxygen atoms in total. The van der Waals surface area contributed by atoms with Crippen molar-refractivity contribution in [3.05, 3.63) is 0 Å². The molecule has 2 amide bonds. The highest BCUT2D eigenvalue weighted by molar-refractivity contribution is 7.98. The number of aliphatic carboxylic acids is 2. The van der Waals surface area contributed by atoms with Crippen molar-refractivity contribution in [3.8, 4) is 0 Å². The number of hydrogen-bond acceptors (Lipinski definition) is 4. The molecule has 20 heavy (non-hydrogen) atoms. The molecule has 0 aromatic heterocycles. The number of unbranched alkanes of at least 4 members (excludes halogenated alkanes) is 1. The molecule has 0 rings (SSSR count). The van der Waals surface area contributed by atoms with E-state index in [4.69, 9.17) is 10.2 Å².